The molecule has 0 amide bonds. The molecule has 0 aliphatic heterocycles. The Labute approximate surface area is 261 Å². The lowest BCUT2D eigenvalue weighted by molar-refractivity contribution is 0.671. The minimum atomic E-state index is 0.712. The highest BCUT2D eigenvalue weighted by Gasteiger charge is 2.20. The van der Waals surface area contributed by atoms with Crippen molar-refractivity contribution in [2.75, 3.05) is 0 Å². The number of nitrogens with zero attached hydrogens (tertiary/aromatic N) is 3. The van der Waals surface area contributed by atoms with Crippen LogP contribution in [0.3, 0.4) is 0 Å². The zero-order valence-electron chi connectivity index (χ0n) is 23.9. The molecule has 0 spiro atoms. The van der Waals surface area contributed by atoms with Crippen molar-refractivity contribution in [2.45, 2.75) is 0 Å². The Hall–Kier alpha value is -5.78. The minimum absolute atomic E-state index is 0.712. The van der Waals surface area contributed by atoms with Crippen LogP contribution < -0.4 is 0 Å². The van der Waals surface area contributed by atoms with Gasteiger partial charge in [0.15, 0.2) is 11.4 Å². The molecule has 0 fully saturated rings. The van der Waals surface area contributed by atoms with Crippen LogP contribution in [0, 0.1) is 0 Å². The van der Waals surface area contributed by atoms with E-state index >= 15 is 0 Å². The molecule has 0 saturated carbocycles. The van der Waals surface area contributed by atoms with Gasteiger partial charge < -0.3 is 8.98 Å². The molecular formula is C40H23N3OS. The van der Waals surface area contributed by atoms with Gasteiger partial charge in [0, 0.05) is 53.8 Å². The van der Waals surface area contributed by atoms with Gasteiger partial charge in [0.2, 0.25) is 0 Å². The van der Waals surface area contributed by atoms with Crippen LogP contribution in [0.25, 0.3) is 92.4 Å². The van der Waals surface area contributed by atoms with Crippen LogP contribution in [-0.2, 0) is 0 Å². The van der Waals surface area contributed by atoms with Gasteiger partial charge in [-0.2, -0.15) is 0 Å². The molecule has 4 aromatic heterocycles. The maximum atomic E-state index is 6.57. The second-order valence-electron chi connectivity index (χ2n) is 11.4. The highest BCUT2D eigenvalue weighted by Crippen LogP contribution is 2.42. The predicted molar refractivity (Wildman–Crippen MR) is 187 cm³/mol. The van der Waals surface area contributed by atoms with E-state index in [0.717, 1.165) is 71.1 Å². The maximum Gasteiger partial charge on any atom is 0.161 e. The average Bonchev–Trinajstić information content (AvgIpc) is 3.78. The number of fused-ring (bicyclic) bond motifs is 10. The standard InChI is InChI=1S/C40H23N3OS/c1-2-11-24(12-3-1)36-35-31-17-6-9-20-34(31)45-40(35)42-39(41-36)25-13-10-14-26(23-25)43-32-18-7-4-15-27(32)29-21-22-30-28-16-5-8-19-33(28)44-38(30)37(29)43/h1-23H. The monoisotopic (exact) mass is 593 g/mol. The molecule has 0 unspecified atom stereocenters. The van der Waals surface area contributed by atoms with E-state index in [0.29, 0.717) is 5.82 Å². The lowest BCUT2D eigenvalue weighted by Gasteiger charge is -2.11. The van der Waals surface area contributed by atoms with Crippen molar-refractivity contribution in [1.82, 2.24) is 14.5 Å². The molecule has 0 aliphatic carbocycles. The van der Waals surface area contributed by atoms with Gasteiger partial charge in [-0.1, -0.05) is 103 Å². The third-order valence-electron chi connectivity index (χ3n) is 8.83. The normalized spacial score (nSPS) is 12.0. The quantitative estimate of drug-likeness (QED) is 0.205. The van der Waals surface area contributed by atoms with E-state index < -0.39 is 0 Å². The summed E-state index contributed by atoms with van der Waals surface area (Å²) in [6, 6.07) is 48.8. The largest absolute Gasteiger partial charge is 0.454 e. The molecule has 4 heterocycles. The number of hydrogen-bond donors (Lipinski definition) is 0. The lowest BCUT2D eigenvalue weighted by atomic mass is 10.1. The molecular weight excluding hydrogens is 571 g/mol. The second-order valence-corrected chi connectivity index (χ2v) is 12.4. The van der Waals surface area contributed by atoms with Crippen LogP contribution in [-0.4, -0.2) is 14.5 Å². The van der Waals surface area contributed by atoms with Crippen molar-refractivity contribution in [3.8, 4) is 28.3 Å². The summed E-state index contributed by atoms with van der Waals surface area (Å²) in [5.41, 5.74) is 8.02. The van der Waals surface area contributed by atoms with E-state index in [2.05, 4.69) is 126 Å². The fraction of sp³-hybridized carbons (Fsp3) is 0. The van der Waals surface area contributed by atoms with Crippen molar-refractivity contribution in [2.24, 2.45) is 0 Å². The van der Waals surface area contributed by atoms with E-state index in [1.165, 1.54) is 15.5 Å². The summed E-state index contributed by atoms with van der Waals surface area (Å²) in [5.74, 6) is 0.712. The Balaban J connectivity index is 1.25. The minimum Gasteiger partial charge on any atom is -0.454 e. The van der Waals surface area contributed by atoms with E-state index in [9.17, 15) is 0 Å². The summed E-state index contributed by atoms with van der Waals surface area (Å²) in [7, 11) is 0. The van der Waals surface area contributed by atoms with Gasteiger partial charge in [0.05, 0.1) is 16.7 Å². The van der Waals surface area contributed by atoms with Crippen molar-refractivity contribution in [3.63, 3.8) is 0 Å². The third kappa shape index (κ3) is 3.59. The summed E-state index contributed by atoms with van der Waals surface area (Å²) in [5, 5.41) is 6.89. The van der Waals surface area contributed by atoms with Gasteiger partial charge in [-0.05, 0) is 36.4 Å². The first-order chi connectivity index (χ1) is 22.3. The van der Waals surface area contributed by atoms with Gasteiger partial charge in [-0.25, -0.2) is 9.97 Å². The van der Waals surface area contributed by atoms with Crippen LogP contribution in [0.1, 0.15) is 0 Å². The number of thiophene rings is 1. The summed E-state index contributed by atoms with van der Waals surface area (Å²) in [6.07, 6.45) is 0. The molecule has 45 heavy (non-hydrogen) atoms. The topological polar surface area (TPSA) is 43.9 Å². The molecule has 0 radical (unpaired) electrons. The molecule has 4 nitrogen and oxygen atoms in total. The fourth-order valence-electron chi connectivity index (χ4n) is 6.84. The van der Waals surface area contributed by atoms with Crippen LogP contribution in [0.5, 0.6) is 0 Å². The van der Waals surface area contributed by atoms with Gasteiger partial charge in [-0.3, -0.25) is 0 Å². The Bertz CT molecular complexity index is 2770. The Morgan fingerprint density at radius 2 is 1.29 bits per heavy atom. The van der Waals surface area contributed by atoms with E-state index in [1.54, 1.807) is 11.3 Å². The van der Waals surface area contributed by atoms with Gasteiger partial charge in [0.1, 0.15) is 10.4 Å². The zero-order chi connectivity index (χ0) is 29.5. The highest BCUT2D eigenvalue weighted by atomic mass is 32.1. The van der Waals surface area contributed by atoms with Crippen LogP contribution in [0.2, 0.25) is 0 Å². The number of aromatic nitrogens is 3. The number of para-hydroxylation sites is 2. The number of furan rings is 1. The first kappa shape index (κ1) is 24.6. The van der Waals surface area contributed by atoms with Crippen LogP contribution >= 0.6 is 11.3 Å². The summed E-state index contributed by atoms with van der Waals surface area (Å²) >= 11 is 1.72. The van der Waals surface area contributed by atoms with Crippen molar-refractivity contribution in [3.05, 3.63) is 140 Å². The first-order valence-electron chi connectivity index (χ1n) is 15.0. The molecule has 0 atom stereocenters. The average molecular weight is 594 g/mol. The first-order valence-corrected chi connectivity index (χ1v) is 15.8. The summed E-state index contributed by atoms with van der Waals surface area (Å²) in [6.45, 7) is 0. The predicted octanol–water partition coefficient (Wildman–Crippen LogP) is 11.2. The zero-order valence-corrected chi connectivity index (χ0v) is 24.8. The molecule has 10 rings (SSSR count). The van der Waals surface area contributed by atoms with E-state index in [1.807, 2.05) is 18.2 Å². The van der Waals surface area contributed by atoms with Crippen molar-refractivity contribution < 1.29 is 4.42 Å². The summed E-state index contributed by atoms with van der Waals surface area (Å²) in [4.78, 5) is 11.4. The number of hydrogen-bond acceptors (Lipinski definition) is 4. The van der Waals surface area contributed by atoms with Gasteiger partial charge in [0.25, 0.3) is 0 Å². The molecule has 0 bridgehead atoms. The fourth-order valence-corrected chi connectivity index (χ4v) is 7.92. The van der Waals surface area contributed by atoms with Gasteiger partial charge in [-0.15, -0.1) is 11.3 Å². The third-order valence-corrected chi connectivity index (χ3v) is 9.89. The summed E-state index contributed by atoms with van der Waals surface area (Å²) < 4.78 is 10.1. The molecule has 0 aliphatic rings. The Morgan fingerprint density at radius 3 is 2.20 bits per heavy atom. The second kappa shape index (κ2) is 9.36. The SMILES string of the molecule is c1ccc(-c2nc(-c3cccc(-n4c5ccccc5c5ccc6c7ccccc7oc6c54)c3)nc3sc4ccccc4c23)cc1. The molecule has 5 heteroatoms. The molecule has 0 saturated heterocycles. The maximum absolute atomic E-state index is 6.57. The lowest BCUT2D eigenvalue weighted by Crippen LogP contribution is -1.97. The molecule has 10 aromatic rings. The molecule has 210 valence electrons. The number of rotatable bonds is 3. The van der Waals surface area contributed by atoms with E-state index in [-0.39, 0.29) is 0 Å². The van der Waals surface area contributed by atoms with Crippen LogP contribution in [0.15, 0.2) is 144 Å². The van der Waals surface area contributed by atoms with Crippen molar-refractivity contribution >= 4 is 75.4 Å². The Morgan fingerprint density at radius 1 is 0.556 bits per heavy atom. The van der Waals surface area contributed by atoms with Crippen LogP contribution in [0.4, 0.5) is 0 Å². The van der Waals surface area contributed by atoms with E-state index in [4.69, 9.17) is 14.4 Å². The highest BCUT2D eigenvalue weighted by molar-refractivity contribution is 7.25. The van der Waals surface area contributed by atoms with Gasteiger partial charge >= 0.3 is 0 Å². The van der Waals surface area contributed by atoms with Crippen molar-refractivity contribution in [1.29, 1.82) is 0 Å². The smallest absolute Gasteiger partial charge is 0.161 e. The number of benzene rings is 6. The molecule has 0 N–H and O–H groups in total. The molecule has 6 aromatic carbocycles. The Kier molecular flexibility index (Phi) is 5.12.